The molecule has 0 spiro atoms. The third kappa shape index (κ3) is 6.49. The zero-order chi connectivity index (χ0) is 14.7. The van der Waals surface area contributed by atoms with E-state index in [1.165, 1.54) is 5.56 Å². The minimum absolute atomic E-state index is 0.0969. The monoisotopic (exact) mass is 297 g/mol. The molecule has 3 nitrogen and oxygen atoms in total. The molecule has 0 saturated carbocycles. The van der Waals surface area contributed by atoms with E-state index in [-0.39, 0.29) is 6.04 Å². The molecule has 1 aromatic rings. The Labute approximate surface area is 119 Å². The fourth-order valence-corrected chi connectivity index (χ4v) is 3.11. The molecule has 0 N–H and O–H groups in total. The predicted molar refractivity (Wildman–Crippen MR) is 85.6 cm³/mol. The van der Waals surface area contributed by atoms with Crippen molar-refractivity contribution in [3.8, 4) is 0 Å². The van der Waals surface area contributed by atoms with E-state index in [9.17, 15) is 0 Å². The van der Waals surface area contributed by atoms with Crippen molar-refractivity contribution in [3.05, 3.63) is 35.9 Å². The van der Waals surface area contributed by atoms with E-state index < -0.39 is 16.6 Å². The topological polar surface area (TPSA) is 21.7 Å². The number of hydroxylamine groups is 2. The lowest BCUT2D eigenvalue weighted by Crippen LogP contribution is -2.44. The van der Waals surface area contributed by atoms with Gasteiger partial charge < -0.3 is 9.05 Å². The quantitative estimate of drug-likeness (QED) is 0.566. The van der Waals surface area contributed by atoms with Crippen LogP contribution in [0.2, 0.25) is 39.3 Å². The van der Waals surface area contributed by atoms with E-state index in [0.717, 1.165) is 0 Å². The van der Waals surface area contributed by atoms with Gasteiger partial charge in [-0.2, -0.15) is 0 Å². The van der Waals surface area contributed by atoms with Crippen LogP contribution in [0, 0.1) is 0 Å². The Morgan fingerprint density at radius 3 is 1.63 bits per heavy atom. The SMILES string of the molecule is CC(c1ccccc1)N(O[Si](C)(C)C)O[Si](C)(C)C. The maximum absolute atomic E-state index is 6.11. The zero-order valence-electron chi connectivity index (χ0n) is 13.2. The molecule has 5 heteroatoms. The van der Waals surface area contributed by atoms with Gasteiger partial charge >= 0.3 is 0 Å². The van der Waals surface area contributed by atoms with E-state index in [2.05, 4.69) is 58.3 Å². The first-order valence-electron chi connectivity index (χ1n) is 6.81. The highest BCUT2D eigenvalue weighted by molar-refractivity contribution is 6.70. The van der Waals surface area contributed by atoms with Gasteiger partial charge in [-0.1, -0.05) is 35.6 Å². The summed E-state index contributed by atoms with van der Waals surface area (Å²) in [4.78, 5) is 0. The molecule has 0 aliphatic carbocycles. The summed E-state index contributed by atoms with van der Waals surface area (Å²) in [5, 5.41) is 1.74. The molecule has 19 heavy (non-hydrogen) atoms. The Bertz CT molecular complexity index is 369. The number of hydrogen-bond donors (Lipinski definition) is 0. The Kier molecular flexibility index (Phi) is 5.52. The van der Waals surface area contributed by atoms with Gasteiger partial charge in [0.05, 0.1) is 6.04 Å². The minimum Gasteiger partial charge on any atom is -0.321 e. The Morgan fingerprint density at radius 1 is 0.842 bits per heavy atom. The van der Waals surface area contributed by atoms with Crippen molar-refractivity contribution in [3.63, 3.8) is 0 Å². The lowest BCUT2D eigenvalue weighted by molar-refractivity contribution is -0.296. The van der Waals surface area contributed by atoms with Crippen LogP contribution < -0.4 is 0 Å². The second-order valence-electron chi connectivity index (χ2n) is 6.78. The molecule has 0 heterocycles. The fourth-order valence-electron chi connectivity index (χ4n) is 1.57. The van der Waals surface area contributed by atoms with Gasteiger partial charge in [-0.15, -0.1) is 0 Å². The molecule has 0 saturated heterocycles. The number of nitrogens with zero attached hydrogens (tertiary/aromatic N) is 1. The summed E-state index contributed by atoms with van der Waals surface area (Å²) in [7, 11) is -3.39. The van der Waals surface area contributed by atoms with E-state index >= 15 is 0 Å². The van der Waals surface area contributed by atoms with Crippen LogP contribution in [0.5, 0.6) is 0 Å². The van der Waals surface area contributed by atoms with Crippen molar-refractivity contribution < 1.29 is 9.05 Å². The molecule has 0 aromatic heterocycles. The van der Waals surface area contributed by atoms with Gasteiger partial charge in [0.15, 0.2) is 0 Å². The summed E-state index contributed by atoms with van der Waals surface area (Å²) in [6.07, 6.45) is 0. The lowest BCUT2D eigenvalue weighted by Gasteiger charge is -2.36. The molecular formula is C14H27NO2Si2. The minimum atomic E-state index is -1.69. The van der Waals surface area contributed by atoms with Crippen LogP contribution in [0.1, 0.15) is 18.5 Å². The highest BCUT2D eigenvalue weighted by Gasteiger charge is 2.30. The summed E-state index contributed by atoms with van der Waals surface area (Å²) in [5.74, 6) is 0. The lowest BCUT2D eigenvalue weighted by atomic mass is 10.1. The molecule has 1 atom stereocenters. The van der Waals surface area contributed by atoms with Crippen LogP contribution in [-0.4, -0.2) is 21.9 Å². The Balaban J connectivity index is 2.90. The molecule has 108 valence electrons. The van der Waals surface area contributed by atoms with E-state index in [1.807, 2.05) is 18.2 Å². The van der Waals surface area contributed by atoms with Crippen LogP contribution in [0.25, 0.3) is 0 Å². The van der Waals surface area contributed by atoms with Crippen molar-refractivity contribution in [2.45, 2.75) is 52.2 Å². The van der Waals surface area contributed by atoms with E-state index in [0.29, 0.717) is 0 Å². The zero-order valence-corrected chi connectivity index (χ0v) is 15.2. The third-order valence-electron chi connectivity index (χ3n) is 2.33. The van der Waals surface area contributed by atoms with Gasteiger partial charge in [-0.25, -0.2) is 0 Å². The molecule has 1 aromatic carbocycles. The first-order valence-corrected chi connectivity index (χ1v) is 13.6. The first kappa shape index (κ1) is 16.6. The van der Waals surface area contributed by atoms with Crippen LogP contribution in [0.15, 0.2) is 30.3 Å². The molecule has 0 aliphatic heterocycles. The van der Waals surface area contributed by atoms with Gasteiger partial charge in [0.1, 0.15) is 0 Å². The molecule has 0 bridgehead atoms. The van der Waals surface area contributed by atoms with Crippen molar-refractivity contribution in [1.82, 2.24) is 5.23 Å². The summed E-state index contributed by atoms with van der Waals surface area (Å²) in [6.45, 7) is 15.2. The van der Waals surface area contributed by atoms with Gasteiger partial charge in [0.25, 0.3) is 0 Å². The number of hydrogen-bond acceptors (Lipinski definition) is 3. The molecule has 0 radical (unpaired) electrons. The normalized spacial score (nSPS) is 14.7. The van der Waals surface area contributed by atoms with Crippen LogP contribution in [0.4, 0.5) is 0 Å². The van der Waals surface area contributed by atoms with Crippen LogP contribution >= 0.6 is 0 Å². The molecule has 1 rings (SSSR count). The fraction of sp³-hybridized carbons (Fsp3) is 0.571. The summed E-state index contributed by atoms with van der Waals surface area (Å²) < 4.78 is 12.2. The van der Waals surface area contributed by atoms with Crippen LogP contribution in [0.3, 0.4) is 0 Å². The van der Waals surface area contributed by atoms with Crippen LogP contribution in [-0.2, 0) is 9.05 Å². The van der Waals surface area contributed by atoms with E-state index in [1.54, 1.807) is 5.23 Å². The molecule has 0 amide bonds. The second kappa shape index (κ2) is 6.32. The smallest absolute Gasteiger partial charge is 0.215 e. The van der Waals surface area contributed by atoms with Crippen molar-refractivity contribution >= 4 is 16.6 Å². The molecule has 0 aliphatic rings. The average molecular weight is 298 g/mol. The highest BCUT2D eigenvalue weighted by atomic mass is 28.4. The maximum Gasteiger partial charge on any atom is 0.215 e. The van der Waals surface area contributed by atoms with Gasteiger partial charge in [0.2, 0.25) is 16.6 Å². The first-order chi connectivity index (χ1) is 8.58. The van der Waals surface area contributed by atoms with Gasteiger partial charge in [-0.3, -0.25) is 0 Å². The van der Waals surface area contributed by atoms with Crippen molar-refractivity contribution in [1.29, 1.82) is 0 Å². The van der Waals surface area contributed by atoms with Crippen molar-refractivity contribution in [2.24, 2.45) is 0 Å². The Hall–Kier alpha value is -0.466. The third-order valence-corrected chi connectivity index (χ3v) is 3.78. The summed E-state index contributed by atoms with van der Waals surface area (Å²) in [6, 6.07) is 10.4. The summed E-state index contributed by atoms with van der Waals surface area (Å²) >= 11 is 0. The molecule has 1 unspecified atom stereocenters. The second-order valence-corrected chi connectivity index (χ2v) is 15.6. The van der Waals surface area contributed by atoms with Crippen molar-refractivity contribution in [2.75, 3.05) is 0 Å². The molecule has 0 fully saturated rings. The number of benzene rings is 1. The highest BCUT2D eigenvalue weighted by Crippen LogP contribution is 2.25. The Morgan fingerprint density at radius 2 is 1.26 bits per heavy atom. The predicted octanol–water partition coefficient (Wildman–Crippen LogP) is 4.58. The van der Waals surface area contributed by atoms with Gasteiger partial charge in [-0.05, 0) is 51.8 Å². The van der Waals surface area contributed by atoms with E-state index in [4.69, 9.17) is 9.05 Å². The number of rotatable bonds is 6. The summed E-state index contributed by atoms with van der Waals surface area (Å²) in [5.41, 5.74) is 1.21. The maximum atomic E-state index is 6.11. The average Bonchev–Trinajstić information content (AvgIpc) is 2.24. The standard InChI is InChI=1S/C14H27NO2Si2/c1-13(14-11-9-8-10-12-14)15(16-18(2,3)4)17-19(5,6)7/h8-13H,1-7H3. The van der Waals surface area contributed by atoms with Gasteiger partial charge in [0, 0.05) is 0 Å². The largest absolute Gasteiger partial charge is 0.321 e. The molecular weight excluding hydrogens is 270 g/mol.